The maximum atomic E-state index is 14.4. The lowest BCUT2D eigenvalue weighted by Gasteiger charge is -2.39. The smallest absolute Gasteiger partial charge is 0.264 e. The van der Waals surface area contributed by atoms with Crippen molar-refractivity contribution in [2.45, 2.75) is 43.7 Å². The van der Waals surface area contributed by atoms with Crippen LogP contribution in [0.5, 0.6) is 11.5 Å². The van der Waals surface area contributed by atoms with Crippen molar-refractivity contribution in [1.29, 1.82) is 0 Å². The number of hydrogen-bond donors (Lipinski definition) is 1. The molecular formula is C37H44N6O6S. The number of carbonyl (C=O) groups excluding carboxylic acids is 2. The number of ether oxygens (including phenoxy) is 2. The van der Waals surface area contributed by atoms with E-state index in [0.717, 1.165) is 18.8 Å². The molecule has 1 aromatic heterocycles. The lowest BCUT2D eigenvalue weighted by atomic mass is 9.99. The predicted octanol–water partition coefficient (Wildman–Crippen LogP) is 4.72. The number of amides is 2. The Morgan fingerprint density at radius 1 is 0.880 bits per heavy atom. The van der Waals surface area contributed by atoms with E-state index in [1.165, 1.54) is 28.5 Å². The number of aromatic nitrogens is 2. The first-order chi connectivity index (χ1) is 24.0. The zero-order valence-corrected chi connectivity index (χ0v) is 29.9. The van der Waals surface area contributed by atoms with E-state index >= 15 is 0 Å². The first kappa shape index (κ1) is 35.1. The number of benzene rings is 3. The molecule has 3 aromatic carbocycles. The highest BCUT2D eigenvalue weighted by molar-refractivity contribution is 7.89. The molecule has 0 radical (unpaired) electrons. The number of carbonyl (C=O) groups is 2. The van der Waals surface area contributed by atoms with E-state index in [4.69, 9.17) is 9.47 Å². The predicted molar refractivity (Wildman–Crippen MR) is 190 cm³/mol. The molecule has 0 saturated carbocycles. The van der Waals surface area contributed by atoms with Gasteiger partial charge < -0.3 is 14.4 Å². The van der Waals surface area contributed by atoms with E-state index in [2.05, 4.69) is 50.8 Å². The van der Waals surface area contributed by atoms with Gasteiger partial charge in [0.05, 0.1) is 42.8 Å². The van der Waals surface area contributed by atoms with Crippen molar-refractivity contribution >= 4 is 27.5 Å². The van der Waals surface area contributed by atoms with Gasteiger partial charge >= 0.3 is 0 Å². The summed E-state index contributed by atoms with van der Waals surface area (Å²) >= 11 is 0. The number of aryl methyl sites for hydroxylation is 2. The number of nitrogens with one attached hydrogen (secondary N) is 1. The Kier molecular flexibility index (Phi) is 10.3. The van der Waals surface area contributed by atoms with Gasteiger partial charge in [0, 0.05) is 52.0 Å². The molecule has 1 saturated heterocycles. The lowest BCUT2D eigenvalue weighted by Crippen LogP contribution is -2.47. The summed E-state index contributed by atoms with van der Waals surface area (Å²) in [6, 6.07) is 20.8. The molecule has 50 heavy (non-hydrogen) atoms. The van der Waals surface area contributed by atoms with Crippen molar-refractivity contribution in [3.8, 4) is 11.5 Å². The van der Waals surface area contributed by atoms with Gasteiger partial charge in [-0.25, -0.2) is 13.1 Å². The highest BCUT2D eigenvalue weighted by Gasteiger charge is 2.43. The Labute approximate surface area is 293 Å². The summed E-state index contributed by atoms with van der Waals surface area (Å²) in [5.41, 5.74) is 3.86. The monoisotopic (exact) mass is 700 g/mol. The summed E-state index contributed by atoms with van der Waals surface area (Å²) in [6.07, 6.45) is 2.12. The first-order valence-electron chi connectivity index (χ1n) is 16.8. The Morgan fingerprint density at radius 3 is 2.26 bits per heavy atom. The standard InChI is InChI=1S/C37H44N6O6S/c1-25-34(24-40(3)39-25)50(46,47)38-18-10-15-30(28-16-17-32(48-4)33(23-28)49-5)43-36(44)29-13-9-14-31(35(29)37(43)45)42-21-19-41(20-22-42)26(2)27-11-7-6-8-12-27/h6-9,11-14,16-17,23-24,26,30,38H,10,15,18-22H2,1-5H3/t26-,30-/m1/s1. The number of sulfonamides is 1. The highest BCUT2D eigenvalue weighted by atomic mass is 32.2. The fourth-order valence-corrected chi connectivity index (χ4v) is 8.34. The molecule has 6 rings (SSSR count). The van der Waals surface area contributed by atoms with Crippen molar-refractivity contribution in [2.75, 3.05) is 51.8 Å². The number of nitrogens with zero attached hydrogens (tertiary/aromatic N) is 5. The van der Waals surface area contributed by atoms with Crippen molar-refractivity contribution in [1.82, 2.24) is 24.3 Å². The van der Waals surface area contributed by atoms with Crippen LogP contribution in [-0.4, -0.2) is 86.8 Å². The Balaban J connectivity index is 1.24. The van der Waals surface area contributed by atoms with Crippen LogP contribution in [0.1, 0.15) is 69.4 Å². The van der Waals surface area contributed by atoms with Crippen LogP contribution in [0.15, 0.2) is 77.8 Å². The molecule has 0 spiro atoms. The molecule has 1 N–H and O–H groups in total. The largest absolute Gasteiger partial charge is 0.493 e. The summed E-state index contributed by atoms with van der Waals surface area (Å²) in [5.74, 6) is 0.226. The Hall–Kier alpha value is -4.72. The third-order valence-electron chi connectivity index (χ3n) is 9.72. The van der Waals surface area contributed by atoms with Crippen LogP contribution >= 0.6 is 0 Å². The maximum Gasteiger partial charge on any atom is 0.264 e. The van der Waals surface area contributed by atoms with Crippen LogP contribution in [0.25, 0.3) is 0 Å². The molecule has 0 bridgehead atoms. The molecule has 1 fully saturated rings. The molecule has 264 valence electrons. The van der Waals surface area contributed by atoms with Crippen molar-refractivity contribution < 1.29 is 27.5 Å². The van der Waals surface area contributed by atoms with Crippen LogP contribution < -0.4 is 19.1 Å². The fraction of sp³-hybridized carbons (Fsp3) is 0.378. The van der Waals surface area contributed by atoms with Crippen LogP contribution in [-0.2, 0) is 17.1 Å². The van der Waals surface area contributed by atoms with Crippen molar-refractivity contribution in [2.24, 2.45) is 7.05 Å². The van der Waals surface area contributed by atoms with E-state index in [9.17, 15) is 18.0 Å². The number of rotatable bonds is 13. The maximum absolute atomic E-state index is 14.4. The van der Waals surface area contributed by atoms with E-state index < -0.39 is 16.1 Å². The van der Waals surface area contributed by atoms with Crippen molar-refractivity contribution in [3.63, 3.8) is 0 Å². The third kappa shape index (κ3) is 6.85. The SMILES string of the molecule is COc1ccc([C@@H](CCCNS(=O)(=O)c2cn(C)nc2C)N2C(=O)c3cccc(N4CCN([C@H](C)c5ccccc5)CC4)c3C2=O)cc1OC. The minimum absolute atomic E-state index is 0.0978. The molecule has 2 atom stereocenters. The minimum Gasteiger partial charge on any atom is -0.493 e. The van der Waals surface area contributed by atoms with Crippen LogP contribution in [0.3, 0.4) is 0 Å². The van der Waals surface area contributed by atoms with Crippen LogP contribution in [0.4, 0.5) is 5.69 Å². The molecule has 2 aliphatic rings. The second kappa shape index (κ2) is 14.6. The average molecular weight is 701 g/mol. The molecular weight excluding hydrogens is 657 g/mol. The zero-order chi connectivity index (χ0) is 35.6. The Bertz CT molecular complexity index is 1970. The van der Waals surface area contributed by atoms with Crippen LogP contribution in [0, 0.1) is 6.92 Å². The number of methoxy groups -OCH3 is 2. The number of fused-ring (bicyclic) bond motifs is 1. The number of piperazine rings is 1. The second-order valence-corrected chi connectivity index (χ2v) is 14.4. The van der Waals surface area contributed by atoms with E-state index in [1.807, 2.05) is 24.3 Å². The lowest BCUT2D eigenvalue weighted by molar-refractivity contribution is 0.0572. The summed E-state index contributed by atoms with van der Waals surface area (Å²) in [4.78, 5) is 34.6. The molecule has 13 heteroatoms. The average Bonchev–Trinajstić information content (AvgIpc) is 3.62. The van der Waals surface area contributed by atoms with Crippen molar-refractivity contribution in [3.05, 3.63) is 101 Å². The molecule has 12 nitrogen and oxygen atoms in total. The normalized spacial score (nSPS) is 16.4. The topological polar surface area (TPSA) is 126 Å². The van der Waals surface area contributed by atoms with Gasteiger partial charge in [-0.15, -0.1) is 0 Å². The fourth-order valence-electron chi connectivity index (χ4n) is 7.05. The molecule has 2 amide bonds. The number of imide groups is 1. The van der Waals surface area contributed by atoms with Gasteiger partial charge in [0.1, 0.15) is 4.90 Å². The third-order valence-corrected chi connectivity index (χ3v) is 11.3. The van der Waals surface area contributed by atoms with E-state index in [0.29, 0.717) is 59.8 Å². The quantitative estimate of drug-likeness (QED) is 0.156. The zero-order valence-electron chi connectivity index (χ0n) is 29.1. The number of hydrogen-bond acceptors (Lipinski definition) is 9. The summed E-state index contributed by atoms with van der Waals surface area (Å²) in [6.45, 7) is 7.01. The highest BCUT2D eigenvalue weighted by Crippen LogP contribution is 2.40. The second-order valence-electron chi connectivity index (χ2n) is 12.7. The van der Waals surface area contributed by atoms with Gasteiger partial charge in [0.2, 0.25) is 10.0 Å². The van der Waals surface area contributed by atoms with Gasteiger partial charge in [-0.2, -0.15) is 5.10 Å². The van der Waals surface area contributed by atoms with E-state index in [-0.39, 0.29) is 29.3 Å². The molecule has 3 heterocycles. The van der Waals surface area contributed by atoms with Gasteiger partial charge in [0.15, 0.2) is 11.5 Å². The molecule has 0 unspecified atom stereocenters. The summed E-state index contributed by atoms with van der Waals surface area (Å²) < 4.78 is 41.2. The van der Waals surface area contributed by atoms with Gasteiger partial charge in [-0.3, -0.25) is 24.1 Å². The van der Waals surface area contributed by atoms with Crippen LogP contribution in [0.2, 0.25) is 0 Å². The minimum atomic E-state index is -3.81. The first-order valence-corrected chi connectivity index (χ1v) is 18.3. The van der Waals surface area contributed by atoms with Gasteiger partial charge in [-0.05, 0) is 62.1 Å². The van der Waals surface area contributed by atoms with Gasteiger partial charge in [0.25, 0.3) is 11.8 Å². The molecule has 2 aliphatic heterocycles. The summed E-state index contributed by atoms with van der Waals surface area (Å²) in [5, 5.41) is 4.15. The molecule has 4 aromatic rings. The number of anilines is 1. The molecule has 0 aliphatic carbocycles. The van der Waals surface area contributed by atoms with E-state index in [1.54, 1.807) is 39.3 Å². The van der Waals surface area contributed by atoms with Gasteiger partial charge in [-0.1, -0.05) is 42.5 Å². The summed E-state index contributed by atoms with van der Waals surface area (Å²) in [7, 11) is 0.929. The Morgan fingerprint density at radius 2 is 1.60 bits per heavy atom.